The Morgan fingerprint density at radius 1 is 0.920 bits per heavy atom. The molecule has 2 rings (SSSR count). The lowest BCUT2D eigenvalue weighted by molar-refractivity contribution is -0.395. The van der Waals surface area contributed by atoms with Crippen LogP contribution in [0.4, 0.5) is 22.7 Å². The summed E-state index contributed by atoms with van der Waals surface area (Å²) in [5.74, 6) is 0.150. The summed E-state index contributed by atoms with van der Waals surface area (Å²) in [7, 11) is 2.66. The number of para-hydroxylation sites is 1. The molecule has 2 aromatic carbocycles. The van der Waals surface area contributed by atoms with E-state index in [1.165, 1.54) is 0 Å². The van der Waals surface area contributed by atoms with Gasteiger partial charge >= 0.3 is 11.4 Å². The van der Waals surface area contributed by atoms with E-state index in [2.05, 4.69) is 4.74 Å². The zero-order valence-corrected chi connectivity index (χ0v) is 14.0. The van der Waals surface area contributed by atoms with Crippen molar-refractivity contribution in [3.63, 3.8) is 0 Å². The molecule has 0 saturated heterocycles. The van der Waals surface area contributed by atoms with Crippen molar-refractivity contribution in [3.05, 3.63) is 55.6 Å². The van der Waals surface area contributed by atoms with Crippen molar-refractivity contribution < 1.29 is 19.3 Å². The first-order chi connectivity index (χ1) is 11.7. The predicted octanol–water partition coefficient (Wildman–Crippen LogP) is 3.02. The summed E-state index contributed by atoms with van der Waals surface area (Å²) >= 11 is 5.50. The molecule has 0 aromatic heterocycles. The first kappa shape index (κ1) is 19.8. The smallest absolute Gasteiger partial charge is 0.319 e. The zero-order chi connectivity index (χ0) is 19.1. The van der Waals surface area contributed by atoms with E-state index in [0.717, 1.165) is 19.2 Å². The Morgan fingerprint density at radius 2 is 1.32 bits per heavy atom. The molecule has 11 heteroatoms. The highest BCUT2D eigenvalue weighted by molar-refractivity contribution is 6.31. The van der Waals surface area contributed by atoms with Crippen molar-refractivity contribution in [2.45, 2.75) is 0 Å². The second-order valence-corrected chi connectivity index (χ2v) is 4.90. The van der Waals surface area contributed by atoms with Crippen LogP contribution in [0, 0.1) is 20.2 Å². The van der Waals surface area contributed by atoms with Gasteiger partial charge < -0.3 is 20.9 Å². The maximum Gasteiger partial charge on any atom is 0.319 e. The van der Waals surface area contributed by atoms with Crippen molar-refractivity contribution in [2.75, 3.05) is 25.7 Å². The Morgan fingerprint density at radius 3 is 1.60 bits per heavy atom. The third-order valence-corrected chi connectivity index (χ3v) is 3.11. The van der Waals surface area contributed by atoms with E-state index in [9.17, 15) is 20.2 Å². The Balaban J connectivity index is 0.000000271. The summed E-state index contributed by atoms with van der Waals surface area (Å²) in [6.07, 6.45) is 0. The number of halogens is 1. The van der Waals surface area contributed by atoms with Gasteiger partial charge in [-0.1, -0.05) is 17.7 Å². The highest BCUT2D eigenvalue weighted by Crippen LogP contribution is 2.39. The van der Waals surface area contributed by atoms with Gasteiger partial charge in [-0.25, -0.2) is 0 Å². The van der Waals surface area contributed by atoms with Crippen LogP contribution in [0.5, 0.6) is 11.5 Å². The Labute approximate surface area is 147 Å². The number of nitro benzene ring substituents is 2. The molecule has 0 aliphatic rings. The Bertz CT molecular complexity index is 744. The molecule has 4 N–H and O–H groups in total. The fraction of sp³-hybridized carbons (Fsp3) is 0.143. The lowest BCUT2D eigenvalue weighted by atomic mass is 10.2. The van der Waals surface area contributed by atoms with Gasteiger partial charge in [0.1, 0.15) is 0 Å². The van der Waals surface area contributed by atoms with Crippen LogP contribution in [0.15, 0.2) is 30.3 Å². The molecular formula is C14H15ClN4O6. The number of nitrogens with two attached hydrogens (primary N) is 2. The van der Waals surface area contributed by atoms with Crippen LogP contribution < -0.4 is 20.9 Å². The van der Waals surface area contributed by atoms with Crippen LogP contribution in [0.1, 0.15) is 0 Å². The van der Waals surface area contributed by atoms with Crippen molar-refractivity contribution in [2.24, 2.45) is 0 Å². The number of ether oxygens (including phenoxy) is 2. The molecule has 0 atom stereocenters. The van der Waals surface area contributed by atoms with Crippen molar-refractivity contribution in [1.82, 2.24) is 0 Å². The highest BCUT2D eigenvalue weighted by Gasteiger charge is 2.27. The number of nitro groups is 2. The number of nitrogens with zero attached hydrogens (tertiary/aromatic N) is 2. The van der Waals surface area contributed by atoms with E-state index < -0.39 is 27.0 Å². The third-order valence-electron chi connectivity index (χ3n) is 2.89. The summed E-state index contributed by atoms with van der Waals surface area (Å²) in [4.78, 5) is 19.5. The summed E-state index contributed by atoms with van der Waals surface area (Å²) in [6, 6.07) is 7.26. The van der Waals surface area contributed by atoms with Crippen LogP contribution in [-0.4, -0.2) is 24.1 Å². The van der Waals surface area contributed by atoms with E-state index >= 15 is 0 Å². The molecule has 0 aliphatic heterocycles. The molecule has 0 heterocycles. The number of hydrogen-bond acceptors (Lipinski definition) is 8. The van der Waals surface area contributed by atoms with E-state index in [-0.39, 0.29) is 5.02 Å². The summed E-state index contributed by atoms with van der Waals surface area (Å²) < 4.78 is 9.54. The predicted molar refractivity (Wildman–Crippen MR) is 93.1 cm³/mol. The van der Waals surface area contributed by atoms with E-state index in [1.54, 1.807) is 25.3 Å². The first-order valence-electron chi connectivity index (χ1n) is 6.57. The van der Waals surface area contributed by atoms with Gasteiger partial charge in [-0.2, -0.15) is 0 Å². The Kier molecular flexibility index (Phi) is 6.76. The monoisotopic (exact) mass is 370 g/mol. The average molecular weight is 371 g/mol. The Hall–Kier alpha value is -3.27. The number of hydrogen-bond donors (Lipinski definition) is 2. The van der Waals surface area contributed by atoms with Crippen molar-refractivity contribution >= 4 is 34.4 Å². The second-order valence-electron chi connectivity index (χ2n) is 4.46. The number of anilines is 2. The van der Waals surface area contributed by atoms with Gasteiger partial charge in [-0.3, -0.25) is 20.2 Å². The van der Waals surface area contributed by atoms with Crippen LogP contribution in [-0.2, 0) is 0 Å². The summed E-state index contributed by atoms with van der Waals surface area (Å²) in [6.45, 7) is 0. The average Bonchev–Trinajstić information content (AvgIpc) is 2.54. The van der Waals surface area contributed by atoms with Gasteiger partial charge in [0.05, 0.1) is 40.5 Å². The summed E-state index contributed by atoms with van der Waals surface area (Å²) in [5.41, 5.74) is 11.1. The van der Waals surface area contributed by atoms with Gasteiger partial charge in [0.25, 0.3) is 5.75 Å². The lowest BCUT2D eigenvalue weighted by Gasteiger charge is -2.05. The molecule has 2 aromatic rings. The highest BCUT2D eigenvalue weighted by atomic mass is 35.5. The first-order valence-corrected chi connectivity index (χ1v) is 6.95. The van der Waals surface area contributed by atoms with Gasteiger partial charge in [0.15, 0.2) is 5.75 Å². The normalized spacial score (nSPS) is 9.56. The molecule has 10 nitrogen and oxygen atoms in total. The minimum absolute atomic E-state index is 0.0887. The fourth-order valence-corrected chi connectivity index (χ4v) is 2.06. The largest absolute Gasteiger partial charge is 0.492 e. The molecule has 0 aliphatic carbocycles. The lowest BCUT2D eigenvalue weighted by Crippen LogP contribution is -1.98. The molecule has 0 unspecified atom stereocenters. The molecule has 0 bridgehead atoms. The molecule has 0 spiro atoms. The molecular weight excluding hydrogens is 356 g/mol. The SMILES string of the molecule is COc1c(N)cccc1N.COc1c([N+](=O)[O-])cc(Cl)cc1[N+](=O)[O-]. The van der Waals surface area contributed by atoms with Crippen LogP contribution in [0.3, 0.4) is 0 Å². The maximum atomic E-state index is 10.6. The van der Waals surface area contributed by atoms with Crippen molar-refractivity contribution in [1.29, 1.82) is 0 Å². The fourth-order valence-electron chi connectivity index (χ4n) is 1.85. The van der Waals surface area contributed by atoms with Gasteiger partial charge in [0, 0.05) is 12.1 Å². The molecule has 0 amide bonds. The van der Waals surface area contributed by atoms with Crippen LogP contribution >= 0.6 is 11.6 Å². The van der Waals surface area contributed by atoms with Gasteiger partial charge in [-0.05, 0) is 12.1 Å². The topological polar surface area (TPSA) is 157 Å². The van der Waals surface area contributed by atoms with Crippen LogP contribution in [0.2, 0.25) is 5.02 Å². The molecule has 134 valence electrons. The van der Waals surface area contributed by atoms with E-state index in [4.69, 9.17) is 27.8 Å². The van der Waals surface area contributed by atoms with E-state index in [1.807, 2.05) is 0 Å². The van der Waals surface area contributed by atoms with Gasteiger partial charge in [-0.15, -0.1) is 0 Å². The van der Waals surface area contributed by atoms with Crippen LogP contribution in [0.25, 0.3) is 0 Å². The molecule has 0 radical (unpaired) electrons. The van der Waals surface area contributed by atoms with Crippen molar-refractivity contribution in [3.8, 4) is 11.5 Å². The third kappa shape index (κ3) is 4.85. The summed E-state index contributed by atoms with van der Waals surface area (Å²) in [5, 5.41) is 21.0. The minimum atomic E-state index is -0.794. The second kappa shape index (κ2) is 8.55. The zero-order valence-electron chi connectivity index (χ0n) is 13.3. The quantitative estimate of drug-likeness (QED) is 0.472. The number of rotatable bonds is 4. The number of methoxy groups -OCH3 is 2. The standard InChI is InChI=1S/C7H5ClN2O5.C7H10N2O/c1-15-7-5(9(11)12)2-4(8)3-6(7)10(13)14;1-10-7-5(8)3-2-4-6(7)9/h2-3H,1H3;2-4H,8-9H2,1H3. The maximum absolute atomic E-state index is 10.6. The van der Waals surface area contributed by atoms with Gasteiger partial charge in [0.2, 0.25) is 0 Å². The van der Waals surface area contributed by atoms with E-state index in [0.29, 0.717) is 17.1 Å². The molecule has 25 heavy (non-hydrogen) atoms. The minimum Gasteiger partial charge on any atom is -0.492 e. The number of benzene rings is 2. The number of nitrogen functional groups attached to an aromatic ring is 2. The molecule has 0 saturated carbocycles. The molecule has 0 fully saturated rings.